The molecule has 0 saturated carbocycles. The summed E-state index contributed by atoms with van der Waals surface area (Å²) in [4.78, 5) is 10.8. The highest BCUT2D eigenvalue weighted by molar-refractivity contribution is 6.32. The number of rotatable bonds is 5. The molecule has 0 aromatic heterocycles. The minimum absolute atomic E-state index is 0.224. The number of carbonyl (C=O) groups excluding carboxylic acids is 1. The topological polar surface area (TPSA) is 35.5 Å². The van der Waals surface area contributed by atoms with Crippen LogP contribution in [0, 0.1) is 6.92 Å². The van der Waals surface area contributed by atoms with Gasteiger partial charge in [-0.05, 0) is 31.0 Å². The van der Waals surface area contributed by atoms with Crippen LogP contribution in [0.25, 0.3) is 0 Å². The van der Waals surface area contributed by atoms with Gasteiger partial charge in [0.05, 0.1) is 18.7 Å². The van der Waals surface area contributed by atoms with Crippen LogP contribution >= 0.6 is 11.6 Å². The van der Waals surface area contributed by atoms with Gasteiger partial charge in [0, 0.05) is 6.42 Å². The number of carbonyl (C=O) groups is 1. The molecule has 88 valence electrons. The summed E-state index contributed by atoms with van der Waals surface area (Å²) in [5, 5.41) is 0.595. The van der Waals surface area contributed by atoms with Crippen molar-refractivity contribution >= 4 is 17.6 Å². The van der Waals surface area contributed by atoms with Crippen LogP contribution in [-0.2, 0) is 9.53 Å². The number of hydrogen-bond acceptors (Lipinski definition) is 3. The van der Waals surface area contributed by atoms with Crippen molar-refractivity contribution in [1.82, 2.24) is 0 Å². The van der Waals surface area contributed by atoms with Crippen LogP contribution < -0.4 is 4.74 Å². The molecular formula is C12H15ClO3. The highest BCUT2D eigenvalue weighted by atomic mass is 35.5. The lowest BCUT2D eigenvalue weighted by Gasteiger charge is -2.07. The summed E-state index contributed by atoms with van der Waals surface area (Å²) in [6.45, 7) is 2.42. The zero-order valence-corrected chi connectivity index (χ0v) is 10.2. The molecule has 0 aliphatic heterocycles. The molecule has 1 aromatic carbocycles. The first kappa shape index (κ1) is 12.8. The molecule has 0 unspecified atom stereocenters. The number of benzene rings is 1. The third-order valence-corrected chi connectivity index (χ3v) is 2.39. The van der Waals surface area contributed by atoms with Crippen molar-refractivity contribution in [2.45, 2.75) is 19.8 Å². The first-order chi connectivity index (χ1) is 7.63. The van der Waals surface area contributed by atoms with E-state index in [-0.39, 0.29) is 5.97 Å². The van der Waals surface area contributed by atoms with E-state index in [1.165, 1.54) is 7.11 Å². The highest BCUT2D eigenvalue weighted by Gasteiger charge is 2.03. The van der Waals surface area contributed by atoms with E-state index in [0.29, 0.717) is 30.2 Å². The maximum atomic E-state index is 10.8. The van der Waals surface area contributed by atoms with E-state index < -0.39 is 0 Å². The molecular weight excluding hydrogens is 228 g/mol. The first-order valence-electron chi connectivity index (χ1n) is 5.09. The summed E-state index contributed by atoms with van der Waals surface area (Å²) < 4.78 is 9.97. The highest BCUT2D eigenvalue weighted by Crippen LogP contribution is 2.25. The third-order valence-electron chi connectivity index (χ3n) is 2.10. The average molecular weight is 243 g/mol. The van der Waals surface area contributed by atoms with E-state index in [1.807, 2.05) is 25.1 Å². The van der Waals surface area contributed by atoms with Crippen molar-refractivity contribution in [3.05, 3.63) is 28.8 Å². The van der Waals surface area contributed by atoms with Crippen LogP contribution in [0.4, 0.5) is 0 Å². The van der Waals surface area contributed by atoms with E-state index in [9.17, 15) is 4.79 Å². The van der Waals surface area contributed by atoms with E-state index in [1.54, 1.807) is 0 Å². The molecule has 0 spiro atoms. The molecule has 0 amide bonds. The minimum Gasteiger partial charge on any atom is -0.492 e. The molecule has 0 saturated heterocycles. The summed E-state index contributed by atoms with van der Waals surface area (Å²) >= 11 is 5.98. The molecule has 0 radical (unpaired) electrons. The van der Waals surface area contributed by atoms with Crippen LogP contribution in [0.1, 0.15) is 18.4 Å². The summed E-state index contributed by atoms with van der Waals surface area (Å²) in [7, 11) is 1.38. The zero-order valence-electron chi connectivity index (χ0n) is 9.46. The number of methoxy groups -OCH3 is 1. The van der Waals surface area contributed by atoms with Crippen LogP contribution in [-0.4, -0.2) is 19.7 Å². The molecule has 0 heterocycles. The number of aryl methyl sites for hydroxylation is 1. The molecule has 16 heavy (non-hydrogen) atoms. The quantitative estimate of drug-likeness (QED) is 0.588. The largest absolute Gasteiger partial charge is 0.492 e. The normalized spacial score (nSPS) is 9.94. The smallest absolute Gasteiger partial charge is 0.305 e. The molecule has 4 heteroatoms. The molecule has 1 aromatic rings. The van der Waals surface area contributed by atoms with Gasteiger partial charge in [-0.1, -0.05) is 17.7 Å². The molecule has 0 bridgehead atoms. The van der Waals surface area contributed by atoms with Gasteiger partial charge >= 0.3 is 5.97 Å². The lowest BCUT2D eigenvalue weighted by atomic mass is 10.2. The predicted molar refractivity (Wildman–Crippen MR) is 62.9 cm³/mol. The van der Waals surface area contributed by atoms with Crippen molar-refractivity contribution in [1.29, 1.82) is 0 Å². The molecule has 3 nitrogen and oxygen atoms in total. The van der Waals surface area contributed by atoms with E-state index >= 15 is 0 Å². The van der Waals surface area contributed by atoms with Gasteiger partial charge in [-0.2, -0.15) is 0 Å². The maximum absolute atomic E-state index is 10.8. The van der Waals surface area contributed by atoms with Crippen molar-refractivity contribution in [3.8, 4) is 5.75 Å². The molecule has 0 atom stereocenters. The second kappa shape index (κ2) is 6.38. The number of esters is 1. The van der Waals surface area contributed by atoms with E-state index in [4.69, 9.17) is 16.3 Å². The van der Waals surface area contributed by atoms with Gasteiger partial charge in [0.2, 0.25) is 0 Å². The summed E-state index contributed by atoms with van der Waals surface area (Å²) in [6.07, 6.45) is 0.983. The fourth-order valence-electron chi connectivity index (χ4n) is 1.22. The standard InChI is InChI=1S/C12H15ClO3/c1-9-5-6-11(10(13)8-9)16-7-3-4-12(14)15-2/h5-6,8H,3-4,7H2,1-2H3. The lowest BCUT2D eigenvalue weighted by Crippen LogP contribution is -2.04. The SMILES string of the molecule is COC(=O)CCCOc1ccc(C)cc1Cl. The van der Waals surface area contributed by atoms with Gasteiger partial charge in [0.1, 0.15) is 5.75 Å². The van der Waals surface area contributed by atoms with Gasteiger partial charge in [-0.25, -0.2) is 0 Å². The number of ether oxygens (including phenoxy) is 2. The average Bonchev–Trinajstić information content (AvgIpc) is 2.26. The minimum atomic E-state index is -0.224. The molecule has 1 rings (SSSR count). The summed E-state index contributed by atoms with van der Waals surface area (Å²) in [5.74, 6) is 0.427. The van der Waals surface area contributed by atoms with Crippen LogP contribution in [0.15, 0.2) is 18.2 Å². The Morgan fingerprint density at radius 3 is 2.81 bits per heavy atom. The van der Waals surface area contributed by atoms with Crippen LogP contribution in [0.2, 0.25) is 5.02 Å². The Balaban J connectivity index is 2.35. The van der Waals surface area contributed by atoms with Gasteiger partial charge in [0.25, 0.3) is 0 Å². The molecule has 0 fully saturated rings. The Labute approximate surface area is 100 Å². The van der Waals surface area contributed by atoms with Gasteiger partial charge < -0.3 is 9.47 Å². The number of hydrogen-bond donors (Lipinski definition) is 0. The zero-order chi connectivity index (χ0) is 12.0. The molecule has 0 aliphatic carbocycles. The molecule has 0 N–H and O–H groups in total. The fraction of sp³-hybridized carbons (Fsp3) is 0.417. The van der Waals surface area contributed by atoms with E-state index in [2.05, 4.69) is 4.74 Å². The van der Waals surface area contributed by atoms with Crippen molar-refractivity contribution < 1.29 is 14.3 Å². The van der Waals surface area contributed by atoms with Gasteiger partial charge in [-0.15, -0.1) is 0 Å². The van der Waals surface area contributed by atoms with Crippen molar-refractivity contribution in [2.24, 2.45) is 0 Å². The Morgan fingerprint density at radius 1 is 1.44 bits per heavy atom. The Kier molecular flexibility index (Phi) is 5.12. The lowest BCUT2D eigenvalue weighted by molar-refractivity contribution is -0.140. The Bertz CT molecular complexity index is 363. The summed E-state index contributed by atoms with van der Waals surface area (Å²) in [6, 6.07) is 5.61. The first-order valence-corrected chi connectivity index (χ1v) is 5.47. The fourth-order valence-corrected chi connectivity index (χ4v) is 1.51. The van der Waals surface area contributed by atoms with Gasteiger partial charge in [-0.3, -0.25) is 4.79 Å². The van der Waals surface area contributed by atoms with Gasteiger partial charge in [0.15, 0.2) is 0 Å². The number of halogens is 1. The molecule has 0 aliphatic rings. The monoisotopic (exact) mass is 242 g/mol. The second-order valence-electron chi connectivity index (χ2n) is 3.46. The Hall–Kier alpha value is -1.22. The van der Waals surface area contributed by atoms with Crippen molar-refractivity contribution in [3.63, 3.8) is 0 Å². The summed E-state index contributed by atoms with van der Waals surface area (Å²) in [5.41, 5.74) is 1.09. The predicted octanol–water partition coefficient (Wildman–Crippen LogP) is 2.98. The van der Waals surface area contributed by atoms with Crippen molar-refractivity contribution in [2.75, 3.05) is 13.7 Å². The third kappa shape index (κ3) is 4.11. The van der Waals surface area contributed by atoms with Crippen LogP contribution in [0.3, 0.4) is 0 Å². The van der Waals surface area contributed by atoms with E-state index in [0.717, 1.165) is 5.56 Å². The maximum Gasteiger partial charge on any atom is 0.305 e. The van der Waals surface area contributed by atoms with Crippen LogP contribution in [0.5, 0.6) is 5.75 Å². The second-order valence-corrected chi connectivity index (χ2v) is 3.87. The Morgan fingerprint density at radius 2 is 2.19 bits per heavy atom.